The van der Waals surface area contributed by atoms with Crippen LogP contribution in [0.5, 0.6) is 0 Å². The first kappa shape index (κ1) is 27.0. The lowest BCUT2D eigenvalue weighted by Crippen LogP contribution is -2.51. The van der Waals surface area contributed by atoms with Crippen molar-refractivity contribution in [2.24, 2.45) is 5.92 Å². The third kappa shape index (κ3) is 9.19. The van der Waals surface area contributed by atoms with Gasteiger partial charge in [-0.3, -0.25) is 9.59 Å². The maximum atomic E-state index is 13.6. The van der Waals surface area contributed by atoms with Crippen molar-refractivity contribution in [1.29, 1.82) is 0 Å². The highest BCUT2D eigenvalue weighted by Crippen LogP contribution is 2.20. The zero-order valence-corrected chi connectivity index (χ0v) is 22.7. The number of nitrogens with zero attached hydrogens (tertiary/aromatic N) is 1. The third-order valence-electron chi connectivity index (χ3n) is 5.53. The summed E-state index contributed by atoms with van der Waals surface area (Å²) in [7, 11) is 0. The van der Waals surface area contributed by atoms with Gasteiger partial charge in [-0.2, -0.15) is 0 Å². The van der Waals surface area contributed by atoms with Crippen LogP contribution in [0.3, 0.4) is 0 Å². The fraction of sp³-hybridized carbons (Fsp3) is 0.310. The number of rotatable bonds is 12. The van der Waals surface area contributed by atoms with E-state index in [1.807, 2.05) is 72.8 Å². The first-order chi connectivity index (χ1) is 16.9. The maximum Gasteiger partial charge on any atom is 0.243 e. The second-order valence-corrected chi connectivity index (χ2v) is 10.9. The van der Waals surface area contributed by atoms with Gasteiger partial charge in [0.05, 0.1) is 5.75 Å². The molecule has 0 spiro atoms. The van der Waals surface area contributed by atoms with Crippen molar-refractivity contribution in [1.82, 2.24) is 10.2 Å². The molecule has 0 aliphatic rings. The first-order valence-electron chi connectivity index (χ1n) is 11.9. The summed E-state index contributed by atoms with van der Waals surface area (Å²) in [5.74, 6) is 1.24. The summed E-state index contributed by atoms with van der Waals surface area (Å²) >= 11 is 5.11. The van der Waals surface area contributed by atoms with Crippen molar-refractivity contribution < 1.29 is 9.59 Å². The molecule has 3 aromatic rings. The van der Waals surface area contributed by atoms with Crippen molar-refractivity contribution in [3.05, 3.63) is 106 Å². The van der Waals surface area contributed by atoms with Gasteiger partial charge in [-0.1, -0.05) is 103 Å². The normalized spacial score (nSPS) is 11.8. The predicted octanol–water partition coefficient (Wildman–Crippen LogP) is 6.09. The molecule has 184 valence electrons. The number of benzene rings is 3. The number of amides is 2. The number of carbonyl (C=O) groups excluding carboxylic acids is 2. The summed E-state index contributed by atoms with van der Waals surface area (Å²) in [6.45, 7) is 5.08. The van der Waals surface area contributed by atoms with Crippen LogP contribution in [-0.2, 0) is 28.3 Å². The summed E-state index contributed by atoms with van der Waals surface area (Å²) in [6, 6.07) is 27.4. The van der Waals surface area contributed by atoms with E-state index < -0.39 is 6.04 Å². The van der Waals surface area contributed by atoms with E-state index in [9.17, 15) is 9.59 Å². The van der Waals surface area contributed by atoms with Crippen LogP contribution in [0.25, 0.3) is 0 Å². The van der Waals surface area contributed by atoms with Crippen LogP contribution in [0, 0.1) is 5.92 Å². The number of hydrogen-bond donors (Lipinski definition) is 1. The van der Waals surface area contributed by atoms with E-state index in [0.29, 0.717) is 31.2 Å². The highest BCUT2D eigenvalue weighted by molar-refractivity contribution is 9.10. The number of nitrogens with one attached hydrogen (secondary N) is 1. The Hall–Kier alpha value is -2.57. The largest absolute Gasteiger partial charge is 0.354 e. The van der Waals surface area contributed by atoms with Crippen molar-refractivity contribution in [3.8, 4) is 0 Å². The Bertz CT molecular complexity index is 1080. The molecule has 0 aromatic heterocycles. The number of halogens is 1. The van der Waals surface area contributed by atoms with Crippen LogP contribution in [0.1, 0.15) is 30.5 Å². The van der Waals surface area contributed by atoms with Gasteiger partial charge in [-0.15, -0.1) is 11.8 Å². The van der Waals surface area contributed by atoms with Crippen LogP contribution in [0.4, 0.5) is 0 Å². The molecule has 1 atom stereocenters. The third-order valence-corrected chi connectivity index (χ3v) is 7.02. The standard InChI is InChI=1S/C29H33BrN2O2S/c1-22(2)18-31-29(34)27(17-23-10-5-3-6-11-23)32(19-25-14-9-15-26(30)16-25)28(33)21-35-20-24-12-7-4-8-13-24/h3-16,22,27H,17-21H2,1-2H3,(H,31,34)/t27-/m0/s1. The molecule has 2 amide bonds. The highest BCUT2D eigenvalue weighted by Gasteiger charge is 2.30. The summed E-state index contributed by atoms with van der Waals surface area (Å²) in [4.78, 5) is 28.8. The minimum atomic E-state index is -0.597. The monoisotopic (exact) mass is 552 g/mol. The zero-order valence-electron chi connectivity index (χ0n) is 20.3. The second-order valence-electron chi connectivity index (χ2n) is 8.97. The molecule has 35 heavy (non-hydrogen) atoms. The van der Waals surface area contributed by atoms with Crippen LogP contribution < -0.4 is 5.32 Å². The predicted molar refractivity (Wildman–Crippen MR) is 149 cm³/mol. The fourth-order valence-electron chi connectivity index (χ4n) is 3.72. The Labute approximate surface area is 221 Å². The van der Waals surface area contributed by atoms with Gasteiger partial charge < -0.3 is 10.2 Å². The topological polar surface area (TPSA) is 49.4 Å². The van der Waals surface area contributed by atoms with Gasteiger partial charge in [0.25, 0.3) is 0 Å². The van der Waals surface area contributed by atoms with Crippen molar-refractivity contribution in [2.45, 2.75) is 38.6 Å². The molecule has 0 saturated carbocycles. The molecule has 0 aliphatic heterocycles. The minimum absolute atomic E-state index is 0.0356. The number of thioether (sulfide) groups is 1. The number of hydrogen-bond acceptors (Lipinski definition) is 3. The second kappa shape index (κ2) is 14.1. The minimum Gasteiger partial charge on any atom is -0.354 e. The average molecular weight is 554 g/mol. The molecule has 0 bridgehead atoms. The summed E-state index contributed by atoms with van der Waals surface area (Å²) in [6.07, 6.45) is 0.466. The Kier molecular flexibility index (Phi) is 10.9. The Morgan fingerprint density at radius 2 is 1.51 bits per heavy atom. The molecule has 3 rings (SSSR count). The van der Waals surface area contributed by atoms with Gasteiger partial charge in [0.15, 0.2) is 0 Å². The smallest absolute Gasteiger partial charge is 0.243 e. The van der Waals surface area contributed by atoms with Gasteiger partial charge in [0.1, 0.15) is 6.04 Å². The fourth-order valence-corrected chi connectivity index (χ4v) is 5.04. The van der Waals surface area contributed by atoms with E-state index in [2.05, 4.69) is 47.2 Å². The van der Waals surface area contributed by atoms with E-state index in [0.717, 1.165) is 21.4 Å². The van der Waals surface area contributed by atoms with Crippen LogP contribution in [0.15, 0.2) is 89.4 Å². The molecule has 0 unspecified atom stereocenters. The molecule has 6 heteroatoms. The molecule has 0 saturated heterocycles. The van der Waals surface area contributed by atoms with Gasteiger partial charge in [0, 0.05) is 29.7 Å². The van der Waals surface area contributed by atoms with E-state index >= 15 is 0 Å². The zero-order chi connectivity index (χ0) is 25.0. The van der Waals surface area contributed by atoms with E-state index in [1.54, 1.807) is 16.7 Å². The molecule has 0 aliphatic carbocycles. The molecule has 0 fully saturated rings. The molecular weight excluding hydrogens is 520 g/mol. The SMILES string of the molecule is CC(C)CNC(=O)[C@H](Cc1ccccc1)N(Cc1cccc(Br)c1)C(=O)CSCc1ccccc1. The lowest BCUT2D eigenvalue weighted by molar-refractivity contribution is -0.139. The van der Waals surface area contributed by atoms with Crippen LogP contribution in [0.2, 0.25) is 0 Å². The van der Waals surface area contributed by atoms with Crippen LogP contribution >= 0.6 is 27.7 Å². The van der Waals surface area contributed by atoms with Crippen molar-refractivity contribution in [2.75, 3.05) is 12.3 Å². The van der Waals surface area contributed by atoms with Gasteiger partial charge in [-0.05, 0) is 34.7 Å². The highest BCUT2D eigenvalue weighted by atomic mass is 79.9. The molecule has 0 radical (unpaired) electrons. The van der Waals surface area contributed by atoms with Gasteiger partial charge in [-0.25, -0.2) is 0 Å². The average Bonchev–Trinajstić information content (AvgIpc) is 2.86. The molecule has 4 nitrogen and oxygen atoms in total. The maximum absolute atomic E-state index is 13.6. The Morgan fingerprint density at radius 1 is 0.886 bits per heavy atom. The summed E-state index contributed by atoms with van der Waals surface area (Å²) in [5.41, 5.74) is 3.19. The Morgan fingerprint density at radius 3 is 2.14 bits per heavy atom. The molecule has 0 heterocycles. The lowest BCUT2D eigenvalue weighted by atomic mass is 10.0. The Balaban J connectivity index is 1.84. The summed E-state index contributed by atoms with van der Waals surface area (Å²) < 4.78 is 0.949. The lowest BCUT2D eigenvalue weighted by Gasteiger charge is -2.32. The van der Waals surface area contributed by atoms with Gasteiger partial charge >= 0.3 is 0 Å². The first-order valence-corrected chi connectivity index (χ1v) is 13.8. The van der Waals surface area contributed by atoms with Crippen LogP contribution in [-0.4, -0.2) is 35.1 Å². The molecule has 1 N–H and O–H groups in total. The van der Waals surface area contributed by atoms with E-state index in [1.165, 1.54) is 5.56 Å². The quantitative estimate of drug-likeness (QED) is 0.295. The van der Waals surface area contributed by atoms with Crippen molar-refractivity contribution >= 4 is 39.5 Å². The van der Waals surface area contributed by atoms with E-state index in [4.69, 9.17) is 0 Å². The van der Waals surface area contributed by atoms with Gasteiger partial charge in [0.2, 0.25) is 11.8 Å². The molecule has 3 aromatic carbocycles. The van der Waals surface area contributed by atoms with Crippen molar-refractivity contribution in [3.63, 3.8) is 0 Å². The summed E-state index contributed by atoms with van der Waals surface area (Å²) in [5, 5.41) is 3.07. The van der Waals surface area contributed by atoms with E-state index in [-0.39, 0.29) is 11.8 Å². The molecular formula is C29H33BrN2O2S. The number of carbonyl (C=O) groups is 2.